The summed E-state index contributed by atoms with van der Waals surface area (Å²) in [7, 11) is 1.84. The Morgan fingerprint density at radius 3 is 2.78 bits per heavy atom. The summed E-state index contributed by atoms with van der Waals surface area (Å²) in [6, 6.07) is 11.9. The summed E-state index contributed by atoms with van der Waals surface area (Å²) in [4.78, 5) is 13.7. The van der Waals surface area contributed by atoms with Crippen molar-refractivity contribution >= 4 is 22.5 Å². The molecule has 0 fully saturated rings. The zero-order valence-corrected chi connectivity index (χ0v) is 13.3. The van der Waals surface area contributed by atoms with Crippen LogP contribution in [0.15, 0.2) is 53.5 Å². The van der Waals surface area contributed by atoms with Crippen LogP contribution >= 0.6 is 11.6 Å². The number of hydrogen-bond donors (Lipinski definition) is 0. The maximum atomic E-state index is 13.9. The van der Waals surface area contributed by atoms with Crippen molar-refractivity contribution < 1.29 is 4.39 Å². The van der Waals surface area contributed by atoms with Gasteiger partial charge in [-0.1, -0.05) is 29.8 Å². The van der Waals surface area contributed by atoms with Gasteiger partial charge in [0.1, 0.15) is 5.82 Å². The van der Waals surface area contributed by atoms with Gasteiger partial charge in [-0.15, -0.1) is 0 Å². The summed E-state index contributed by atoms with van der Waals surface area (Å²) >= 11 is 6.06. The van der Waals surface area contributed by atoms with E-state index in [1.165, 1.54) is 12.3 Å². The highest BCUT2D eigenvalue weighted by molar-refractivity contribution is 6.31. The Bertz CT molecular complexity index is 889. The van der Waals surface area contributed by atoms with Crippen LogP contribution in [0.3, 0.4) is 0 Å². The van der Waals surface area contributed by atoms with Crippen molar-refractivity contribution in [1.29, 1.82) is 0 Å². The lowest BCUT2D eigenvalue weighted by molar-refractivity contribution is 0.246. The van der Waals surface area contributed by atoms with Crippen LogP contribution in [0, 0.1) is 5.82 Å². The average molecular weight is 332 g/mol. The Kier molecular flexibility index (Phi) is 4.41. The van der Waals surface area contributed by atoms with E-state index in [2.05, 4.69) is 5.10 Å². The molecule has 0 N–H and O–H groups in total. The fourth-order valence-electron chi connectivity index (χ4n) is 2.51. The zero-order valence-electron chi connectivity index (χ0n) is 12.5. The maximum absolute atomic E-state index is 13.9. The molecule has 1 aromatic heterocycles. The van der Waals surface area contributed by atoms with Gasteiger partial charge >= 0.3 is 0 Å². The van der Waals surface area contributed by atoms with E-state index in [9.17, 15) is 9.18 Å². The smallest absolute Gasteiger partial charge is 0.207 e. The molecular weight excluding hydrogens is 317 g/mol. The number of aromatic nitrogens is 2. The highest BCUT2D eigenvalue weighted by Crippen LogP contribution is 2.20. The molecule has 0 spiro atoms. The third-order valence-corrected chi connectivity index (χ3v) is 3.98. The van der Waals surface area contributed by atoms with Crippen LogP contribution in [0.2, 0.25) is 5.02 Å². The quantitative estimate of drug-likeness (QED) is 0.736. The summed E-state index contributed by atoms with van der Waals surface area (Å²) in [5.41, 5.74) is 1.07. The van der Waals surface area contributed by atoms with E-state index in [0.29, 0.717) is 29.2 Å². The minimum absolute atomic E-state index is 0.114. The summed E-state index contributed by atoms with van der Waals surface area (Å²) in [6.07, 6.45) is 1.30. The van der Waals surface area contributed by atoms with E-state index >= 15 is 0 Å². The first-order valence-corrected chi connectivity index (χ1v) is 7.50. The third-order valence-electron chi connectivity index (χ3n) is 3.63. The fraction of sp³-hybridized carbons (Fsp3) is 0.176. The van der Waals surface area contributed by atoms with E-state index in [1.54, 1.807) is 22.9 Å². The molecular formula is C17H15ClFN3O. The van der Waals surface area contributed by atoms with Crippen molar-refractivity contribution in [3.05, 3.63) is 75.3 Å². The average Bonchev–Trinajstić information content (AvgIpc) is 2.54. The Morgan fingerprint density at radius 2 is 2.00 bits per heavy atom. The predicted octanol–water partition coefficient (Wildman–Crippen LogP) is 3.28. The molecule has 3 aromatic rings. The SMILES string of the molecule is CN(Cc1c(F)cccc1Cl)Cn1ncc(=O)c2ccccc21. The second-order valence-corrected chi connectivity index (χ2v) is 5.79. The normalized spacial score (nSPS) is 11.3. The Labute approximate surface area is 137 Å². The predicted molar refractivity (Wildman–Crippen MR) is 88.9 cm³/mol. The molecule has 23 heavy (non-hydrogen) atoms. The second kappa shape index (κ2) is 6.48. The molecule has 1 heterocycles. The van der Waals surface area contributed by atoms with Gasteiger partial charge in [-0.2, -0.15) is 5.10 Å². The first kappa shape index (κ1) is 15.6. The molecule has 6 heteroatoms. The van der Waals surface area contributed by atoms with Gasteiger partial charge in [0.05, 0.1) is 18.4 Å². The van der Waals surface area contributed by atoms with Crippen LogP contribution in [0.5, 0.6) is 0 Å². The van der Waals surface area contributed by atoms with Crippen LogP contribution in [0.1, 0.15) is 5.56 Å². The zero-order chi connectivity index (χ0) is 16.4. The van der Waals surface area contributed by atoms with E-state index in [1.807, 2.05) is 30.1 Å². The lowest BCUT2D eigenvalue weighted by Gasteiger charge is -2.20. The molecule has 0 saturated carbocycles. The van der Waals surface area contributed by atoms with Gasteiger partial charge in [0.2, 0.25) is 5.43 Å². The minimum Gasteiger partial charge on any atom is -0.287 e. The Balaban J connectivity index is 1.88. The molecule has 0 aliphatic rings. The first-order chi connectivity index (χ1) is 11.1. The number of para-hydroxylation sites is 1. The maximum Gasteiger partial charge on any atom is 0.207 e. The third kappa shape index (κ3) is 3.25. The van der Waals surface area contributed by atoms with Gasteiger partial charge in [-0.25, -0.2) is 4.39 Å². The van der Waals surface area contributed by atoms with E-state index < -0.39 is 0 Å². The molecule has 0 radical (unpaired) electrons. The molecule has 3 rings (SSSR count). The Hall–Kier alpha value is -2.24. The lowest BCUT2D eigenvalue weighted by Crippen LogP contribution is -2.25. The molecule has 0 unspecified atom stereocenters. The molecule has 0 atom stereocenters. The van der Waals surface area contributed by atoms with Crippen molar-refractivity contribution in [2.45, 2.75) is 13.2 Å². The monoisotopic (exact) mass is 331 g/mol. The van der Waals surface area contributed by atoms with Gasteiger partial charge in [0.25, 0.3) is 0 Å². The standard InChI is InChI=1S/C17H15ClFN3O/c1-21(10-13-14(18)6-4-7-15(13)19)11-22-16-8-3-2-5-12(16)17(23)9-20-22/h2-9H,10-11H2,1H3. The largest absolute Gasteiger partial charge is 0.287 e. The molecule has 0 aliphatic heterocycles. The van der Waals surface area contributed by atoms with Gasteiger partial charge in [-0.3, -0.25) is 14.4 Å². The summed E-state index contributed by atoms with van der Waals surface area (Å²) in [5.74, 6) is -0.331. The highest BCUT2D eigenvalue weighted by atomic mass is 35.5. The molecule has 0 bridgehead atoms. The minimum atomic E-state index is -0.331. The van der Waals surface area contributed by atoms with E-state index in [0.717, 1.165) is 5.52 Å². The summed E-state index contributed by atoms with van der Waals surface area (Å²) < 4.78 is 15.6. The van der Waals surface area contributed by atoms with Crippen LogP contribution in [-0.2, 0) is 13.2 Å². The van der Waals surface area contributed by atoms with Gasteiger partial charge in [0, 0.05) is 22.5 Å². The molecule has 118 valence electrons. The molecule has 0 amide bonds. The molecule has 4 nitrogen and oxygen atoms in total. The number of benzene rings is 2. The van der Waals surface area contributed by atoms with Gasteiger partial charge in [0.15, 0.2) is 0 Å². The van der Waals surface area contributed by atoms with Crippen molar-refractivity contribution in [2.24, 2.45) is 0 Å². The number of hydrogen-bond acceptors (Lipinski definition) is 3. The molecule has 0 saturated heterocycles. The Morgan fingerprint density at radius 1 is 1.22 bits per heavy atom. The van der Waals surface area contributed by atoms with Crippen molar-refractivity contribution in [3.63, 3.8) is 0 Å². The second-order valence-electron chi connectivity index (χ2n) is 5.38. The molecule has 2 aromatic carbocycles. The first-order valence-electron chi connectivity index (χ1n) is 7.12. The number of halogens is 2. The van der Waals surface area contributed by atoms with Crippen molar-refractivity contribution in [1.82, 2.24) is 14.7 Å². The highest BCUT2D eigenvalue weighted by Gasteiger charge is 2.11. The van der Waals surface area contributed by atoms with Crippen LogP contribution in [0.4, 0.5) is 4.39 Å². The van der Waals surface area contributed by atoms with Crippen molar-refractivity contribution in [2.75, 3.05) is 7.05 Å². The topological polar surface area (TPSA) is 38.1 Å². The van der Waals surface area contributed by atoms with Crippen LogP contribution in [0.25, 0.3) is 10.9 Å². The fourth-order valence-corrected chi connectivity index (χ4v) is 2.73. The number of rotatable bonds is 4. The van der Waals surface area contributed by atoms with Crippen LogP contribution < -0.4 is 5.43 Å². The summed E-state index contributed by atoms with van der Waals surface area (Å²) in [6.45, 7) is 0.749. The molecule has 0 aliphatic carbocycles. The number of nitrogens with zero attached hydrogens (tertiary/aromatic N) is 3. The van der Waals surface area contributed by atoms with Crippen LogP contribution in [-0.4, -0.2) is 21.7 Å². The van der Waals surface area contributed by atoms with Gasteiger partial charge in [-0.05, 0) is 31.3 Å². The van der Waals surface area contributed by atoms with E-state index in [4.69, 9.17) is 11.6 Å². The lowest BCUT2D eigenvalue weighted by atomic mass is 10.2. The van der Waals surface area contributed by atoms with Crippen molar-refractivity contribution in [3.8, 4) is 0 Å². The van der Waals surface area contributed by atoms with E-state index in [-0.39, 0.29) is 11.2 Å². The summed E-state index contributed by atoms with van der Waals surface area (Å²) in [5, 5.41) is 5.18. The number of fused-ring (bicyclic) bond motifs is 1. The van der Waals surface area contributed by atoms with Gasteiger partial charge < -0.3 is 0 Å².